The molecule has 0 saturated carbocycles. The molecule has 6 nitrogen and oxygen atoms in total. The highest BCUT2D eigenvalue weighted by Gasteiger charge is 2.22. The summed E-state index contributed by atoms with van der Waals surface area (Å²) in [6.45, 7) is 5.24. The molecule has 0 aliphatic rings. The summed E-state index contributed by atoms with van der Waals surface area (Å²) in [4.78, 5) is 11.7. The maximum atomic E-state index is 11.7. The van der Waals surface area contributed by atoms with Gasteiger partial charge in [0.15, 0.2) is 0 Å². The molecule has 3 N–H and O–H groups in total. The van der Waals surface area contributed by atoms with Crippen molar-refractivity contribution in [1.29, 1.82) is 0 Å². The average molecular weight is 267 g/mol. The number of nitrogens with one attached hydrogen (secondary N) is 1. The van der Waals surface area contributed by atoms with E-state index in [0.29, 0.717) is 5.69 Å². The largest absolute Gasteiger partial charge is 0.495 e. The number of amides is 1. The Hall–Kier alpha value is -1.73. The van der Waals surface area contributed by atoms with Crippen LogP contribution in [-0.2, 0) is 4.74 Å². The first-order valence-electron chi connectivity index (χ1n) is 5.77. The molecule has 0 heterocycles. The Morgan fingerprint density at radius 2 is 1.95 bits per heavy atom. The van der Waals surface area contributed by atoms with Crippen LogP contribution in [0.4, 0.5) is 10.5 Å². The molecule has 0 aliphatic heterocycles. The smallest absolute Gasteiger partial charge is 0.492 e. The van der Waals surface area contributed by atoms with Gasteiger partial charge in [-0.05, 0) is 26.8 Å². The number of hydrogen-bond donors (Lipinski definition) is 3. The summed E-state index contributed by atoms with van der Waals surface area (Å²) >= 11 is 0. The van der Waals surface area contributed by atoms with Crippen LogP contribution in [0.15, 0.2) is 18.2 Å². The molecule has 0 saturated heterocycles. The minimum atomic E-state index is -1.68. The van der Waals surface area contributed by atoms with E-state index < -0.39 is 18.8 Å². The van der Waals surface area contributed by atoms with Crippen molar-refractivity contribution in [1.82, 2.24) is 0 Å². The molecule has 0 aromatic heterocycles. The second kappa shape index (κ2) is 5.94. The summed E-state index contributed by atoms with van der Waals surface area (Å²) in [6, 6.07) is 4.64. The first kappa shape index (κ1) is 15.3. The maximum Gasteiger partial charge on any atom is 0.492 e. The van der Waals surface area contributed by atoms with Gasteiger partial charge in [0.2, 0.25) is 0 Å². The van der Waals surface area contributed by atoms with Gasteiger partial charge in [0, 0.05) is 5.46 Å². The second-order valence-electron chi connectivity index (χ2n) is 4.93. The van der Waals surface area contributed by atoms with Crippen molar-refractivity contribution in [2.75, 3.05) is 12.4 Å². The number of rotatable bonds is 3. The molecule has 0 radical (unpaired) electrons. The Morgan fingerprint density at radius 3 is 2.42 bits per heavy atom. The van der Waals surface area contributed by atoms with Crippen LogP contribution in [0.1, 0.15) is 20.8 Å². The fourth-order valence-electron chi connectivity index (χ4n) is 1.50. The lowest BCUT2D eigenvalue weighted by molar-refractivity contribution is 0.0635. The van der Waals surface area contributed by atoms with Crippen LogP contribution in [-0.4, -0.2) is 36.0 Å². The normalized spacial score (nSPS) is 10.8. The molecule has 19 heavy (non-hydrogen) atoms. The van der Waals surface area contributed by atoms with E-state index in [0.717, 1.165) is 0 Å². The highest BCUT2D eigenvalue weighted by molar-refractivity contribution is 6.60. The van der Waals surface area contributed by atoms with Gasteiger partial charge in [-0.25, -0.2) is 4.79 Å². The number of para-hydroxylation sites is 1. The van der Waals surface area contributed by atoms with Gasteiger partial charge in [0.05, 0.1) is 12.8 Å². The van der Waals surface area contributed by atoms with Crippen LogP contribution in [0.3, 0.4) is 0 Å². The van der Waals surface area contributed by atoms with E-state index >= 15 is 0 Å². The van der Waals surface area contributed by atoms with Crippen LogP contribution in [0.2, 0.25) is 0 Å². The quantitative estimate of drug-likeness (QED) is 0.702. The first-order chi connectivity index (χ1) is 8.74. The van der Waals surface area contributed by atoms with Crippen molar-refractivity contribution < 1.29 is 24.3 Å². The number of methoxy groups -OCH3 is 1. The van der Waals surface area contributed by atoms with Gasteiger partial charge >= 0.3 is 13.2 Å². The molecule has 1 amide bonds. The topological polar surface area (TPSA) is 88.0 Å². The lowest BCUT2D eigenvalue weighted by atomic mass is 9.79. The zero-order valence-electron chi connectivity index (χ0n) is 11.4. The van der Waals surface area contributed by atoms with E-state index in [4.69, 9.17) is 9.47 Å². The number of carbonyl (C=O) groups excluding carboxylic acids is 1. The van der Waals surface area contributed by atoms with Gasteiger partial charge in [-0.15, -0.1) is 0 Å². The lowest BCUT2D eigenvalue weighted by Gasteiger charge is -2.20. The van der Waals surface area contributed by atoms with Crippen molar-refractivity contribution in [3.63, 3.8) is 0 Å². The molecule has 1 aromatic rings. The van der Waals surface area contributed by atoms with Crippen LogP contribution >= 0.6 is 0 Å². The SMILES string of the molecule is COc1c(NC(=O)OC(C)(C)C)cccc1B(O)O. The second-order valence-corrected chi connectivity index (χ2v) is 4.93. The molecule has 104 valence electrons. The molecule has 1 aromatic carbocycles. The number of anilines is 1. The van der Waals surface area contributed by atoms with Crippen LogP contribution in [0.25, 0.3) is 0 Å². The van der Waals surface area contributed by atoms with Gasteiger partial charge in [0.25, 0.3) is 0 Å². The van der Waals surface area contributed by atoms with E-state index in [2.05, 4.69) is 5.32 Å². The van der Waals surface area contributed by atoms with E-state index in [1.807, 2.05) is 0 Å². The first-order valence-corrected chi connectivity index (χ1v) is 5.77. The maximum absolute atomic E-state index is 11.7. The zero-order valence-corrected chi connectivity index (χ0v) is 11.4. The van der Waals surface area contributed by atoms with Gasteiger partial charge in [-0.3, -0.25) is 5.32 Å². The lowest BCUT2D eigenvalue weighted by Crippen LogP contribution is -2.32. The predicted molar refractivity (Wildman–Crippen MR) is 72.7 cm³/mol. The molecule has 0 bridgehead atoms. The monoisotopic (exact) mass is 267 g/mol. The van der Waals surface area contributed by atoms with Gasteiger partial charge < -0.3 is 19.5 Å². The fraction of sp³-hybridized carbons (Fsp3) is 0.417. The third-order valence-electron chi connectivity index (χ3n) is 2.16. The molecule has 0 spiro atoms. The Morgan fingerprint density at radius 1 is 1.32 bits per heavy atom. The summed E-state index contributed by atoms with van der Waals surface area (Å²) in [5.74, 6) is 0.184. The zero-order chi connectivity index (χ0) is 14.6. The average Bonchev–Trinajstić information content (AvgIpc) is 2.25. The third-order valence-corrected chi connectivity index (χ3v) is 2.16. The molecule has 0 fully saturated rings. The molecule has 0 unspecified atom stereocenters. The predicted octanol–water partition coefficient (Wildman–Crippen LogP) is 0.722. The Balaban J connectivity index is 2.95. The van der Waals surface area contributed by atoms with Crippen LogP contribution < -0.4 is 15.5 Å². The number of ether oxygens (including phenoxy) is 2. The van der Waals surface area contributed by atoms with E-state index in [1.165, 1.54) is 13.2 Å². The Bertz CT molecular complexity index is 456. The van der Waals surface area contributed by atoms with Gasteiger partial charge in [-0.1, -0.05) is 12.1 Å². The minimum Gasteiger partial charge on any atom is -0.495 e. The van der Waals surface area contributed by atoms with Crippen LogP contribution in [0, 0.1) is 0 Å². The van der Waals surface area contributed by atoms with Crippen molar-refractivity contribution in [3.8, 4) is 5.75 Å². The molecule has 0 atom stereocenters. The van der Waals surface area contributed by atoms with Crippen molar-refractivity contribution in [2.24, 2.45) is 0 Å². The Kier molecular flexibility index (Phi) is 4.80. The summed E-state index contributed by atoms with van der Waals surface area (Å²) < 4.78 is 10.2. The Labute approximate surface area is 112 Å². The highest BCUT2D eigenvalue weighted by atomic mass is 16.6. The van der Waals surface area contributed by atoms with Crippen LogP contribution in [0.5, 0.6) is 5.75 Å². The van der Waals surface area contributed by atoms with Gasteiger partial charge in [0.1, 0.15) is 11.4 Å². The molecule has 0 aliphatic carbocycles. The van der Waals surface area contributed by atoms with Crippen molar-refractivity contribution in [3.05, 3.63) is 18.2 Å². The minimum absolute atomic E-state index is 0.163. The van der Waals surface area contributed by atoms with E-state index in [-0.39, 0.29) is 11.2 Å². The summed E-state index contributed by atoms with van der Waals surface area (Å²) in [7, 11) is -0.308. The van der Waals surface area contributed by atoms with Crippen molar-refractivity contribution in [2.45, 2.75) is 26.4 Å². The number of hydrogen-bond acceptors (Lipinski definition) is 5. The fourth-order valence-corrected chi connectivity index (χ4v) is 1.50. The summed E-state index contributed by atoms with van der Waals surface area (Å²) in [5, 5.41) is 20.9. The van der Waals surface area contributed by atoms with E-state index in [9.17, 15) is 14.8 Å². The molecular formula is C12H18BNO5. The molecular weight excluding hydrogens is 249 g/mol. The third kappa shape index (κ3) is 4.46. The number of carbonyl (C=O) groups is 1. The molecule has 1 rings (SSSR count). The molecule has 7 heteroatoms. The van der Waals surface area contributed by atoms with Crippen molar-refractivity contribution >= 4 is 24.4 Å². The summed E-state index contributed by atoms with van der Waals surface area (Å²) in [5.41, 5.74) is -0.149. The number of benzene rings is 1. The van der Waals surface area contributed by atoms with Gasteiger partial charge in [-0.2, -0.15) is 0 Å². The standard InChI is InChI=1S/C12H18BNO5/c1-12(2,3)19-11(15)14-9-7-5-6-8(13(16)17)10(9)18-4/h5-7,16-17H,1-4H3,(H,14,15). The van der Waals surface area contributed by atoms with E-state index in [1.54, 1.807) is 32.9 Å². The summed E-state index contributed by atoms with van der Waals surface area (Å²) in [6.07, 6.45) is -0.643. The highest BCUT2D eigenvalue weighted by Crippen LogP contribution is 2.22.